The Balaban J connectivity index is 2.84. The second kappa shape index (κ2) is 6.29. The summed E-state index contributed by atoms with van der Waals surface area (Å²) in [5.41, 5.74) is 0.919. The first-order valence-electron chi connectivity index (χ1n) is 5.04. The zero-order valence-electron chi connectivity index (χ0n) is 9.26. The second-order valence-electron chi connectivity index (χ2n) is 3.52. The van der Waals surface area contributed by atoms with Crippen LogP contribution in [0.1, 0.15) is 6.42 Å². The average Bonchev–Trinajstić information content (AvgIpc) is 2.28. The summed E-state index contributed by atoms with van der Waals surface area (Å²) in [6.45, 7) is 0.765. The number of carbonyl (C=O) groups is 1. The van der Waals surface area contributed by atoms with E-state index in [2.05, 4.69) is 15.3 Å². The molecule has 0 saturated carbocycles. The zero-order valence-corrected chi connectivity index (χ0v) is 10.4. The van der Waals surface area contributed by atoms with E-state index < -0.39 is 5.97 Å². The monoisotopic (exact) mass is 237 g/mol. The van der Waals surface area contributed by atoms with Crippen molar-refractivity contribution in [1.82, 2.24) is 4.90 Å². The third kappa shape index (κ3) is 4.45. The molecular formula is C12H16NO2P. The van der Waals surface area contributed by atoms with E-state index in [4.69, 9.17) is 5.11 Å². The lowest BCUT2D eigenvalue weighted by atomic mass is 10.2. The molecule has 1 atom stereocenters. The fourth-order valence-corrected chi connectivity index (χ4v) is 1.62. The first-order valence-corrected chi connectivity index (χ1v) is 5.62. The molecule has 0 saturated heterocycles. The molecule has 0 fully saturated rings. The topological polar surface area (TPSA) is 40.5 Å². The summed E-state index contributed by atoms with van der Waals surface area (Å²) in [4.78, 5) is 12.5. The van der Waals surface area contributed by atoms with Crippen molar-refractivity contribution >= 4 is 15.2 Å². The lowest BCUT2D eigenvalue weighted by Gasteiger charge is -2.17. The molecule has 0 radical (unpaired) electrons. The maximum absolute atomic E-state index is 10.5. The lowest BCUT2D eigenvalue weighted by Crippen LogP contribution is -2.16. The van der Waals surface area contributed by atoms with Crippen LogP contribution in [-0.2, 0) is 4.79 Å². The quantitative estimate of drug-likeness (QED) is 0.591. The zero-order chi connectivity index (χ0) is 12.0. The SMILES string of the molecule is CN1C/C=C\C(P)=C/C/C=C1/C=C/C(=O)O. The van der Waals surface area contributed by atoms with Crippen molar-refractivity contribution < 1.29 is 9.90 Å². The van der Waals surface area contributed by atoms with Crippen molar-refractivity contribution in [1.29, 1.82) is 0 Å². The minimum atomic E-state index is -0.924. The molecule has 1 rings (SSSR count). The molecule has 0 aromatic rings. The van der Waals surface area contributed by atoms with Gasteiger partial charge in [0.25, 0.3) is 0 Å². The van der Waals surface area contributed by atoms with Crippen molar-refractivity contribution in [3.63, 3.8) is 0 Å². The van der Waals surface area contributed by atoms with Crippen molar-refractivity contribution in [2.45, 2.75) is 6.42 Å². The maximum Gasteiger partial charge on any atom is 0.328 e. The van der Waals surface area contributed by atoms with Crippen LogP contribution in [0.3, 0.4) is 0 Å². The first kappa shape index (κ1) is 12.7. The summed E-state index contributed by atoms with van der Waals surface area (Å²) < 4.78 is 0. The predicted octanol–water partition coefficient (Wildman–Crippen LogP) is 2.16. The molecule has 0 aliphatic carbocycles. The fraction of sp³-hybridized carbons (Fsp3) is 0.250. The van der Waals surface area contributed by atoms with Gasteiger partial charge in [0.05, 0.1) is 0 Å². The van der Waals surface area contributed by atoms with Gasteiger partial charge in [0.15, 0.2) is 0 Å². The first-order chi connectivity index (χ1) is 7.59. The summed E-state index contributed by atoms with van der Waals surface area (Å²) >= 11 is 0. The van der Waals surface area contributed by atoms with Gasteiger partial charge in [-0.2, -0.15) is 0 Å². The molecule has 0 aromatic heterocycles. The Labute approximate surface area is 98.0 Å². The number of carboxylic acids is 1. The van der Waals surface area contributed by atoms with Gasteiger partial charge in [0.2, 0.25) is 0 Å². The van der Waals surface area contributed by atoms with E-state index in [1.54, 1.807) is 6.08 Å². The number of allylic oxidation sites excluding steroid dienone is 5. The molecule has 0 aromatic carbocycles. The minimum absolute atomic E-state index is 0.765. The van der Waals surface area contributed by atoms with Crippen LogP contribution in [0.15, 0.2) is 47.5 Å². The highest BCUT2D eigenvalue weighted by Gasteiger charge is 2.01. The highest BCUT2D eigenvalue weighted by Crippen LogP contribution is 2.13. The minimum Gasteiger partial charge on any atom is -0.478 e. The van der Waals surface area contributed by atoms with Gasteiger partial charge < -0.3 is 10.0 Å². The molecule has 1 aliphatic heterocycles. The van der Waals surface area contributed by atoms with Crippen LogP contribution in [0.5, 0.6) is 0 Å². The Kier molecular flexibility index (Phi) is 5.00. The van der Waals surface area contributed by atoms with Gasteiger partial charge in [-0.25, -0.2) is 4.79 Å². The molecule has 1 unspecified atom stereocenters. The van der Waals surface area contributed by atoms with E-state index in [1.807, 2.05) is 30.2 Å². The highest BCUT2D eigenvalue weighted by molar-refractivity contribution is 7.22. The Morgan fingerprint density at radius 3 is 3.00 bits per heavy atom. The molecular weight excluding hydrogens is 221 g/mol. The van der Waals surface area contributed by atoms with Crippen LogP contribution >= 0.6 is 9.24 Å². The van der Waals surface area contributed by atoms with Crippen molar-refractivity contribution in [3.8, 4) is 0 Å². The fourth-order valence-electron chi connectivity index (χ4n) is 1.34. The van der Waals surface area contributed by atoms with Gasteiger partial charge in [0, 0.05) is 25.4 Å². The van der Waals surface area contributed by atoms with Crippen LogP contribution in [0.25, 0.3) is 0 Å². The number of hydrogen-bond donors (Lipinski definition) is 1. The molecule has 1 aliphatic rings. The van der Waals surface area contributed by atoms with Crippen LogP contribution in [0.2, 0.25) is 0 Å². The highest BCUT2D eigenvalue weighted by atomic mass is 31.0. The summed E-state index contributed by atoms with van der Waals surface area (Å²) in [5.74, 6) is -0.924. The van der Waals surface area contributed by atoms with E-state index >= 15 is 0 Å². The van der Waals surface area contributed by atoms with Gasteiger partial charge >= 0.3 is 5.97 Å². The molecule has 4 heteroatoms. The Morgan fingerprint density at radius 2 is 2.31 bits per heavy atom. The number of nitrogens with zero attached hydrogens (tertiary/aromatic N) is 1. The van der Waals surface area contributed by atoms with E-state index in [1.165, 1.54) is 0 Å². The predicted molar refractivity (Wildman–Crippen MR) is 69.0 cm³/mol. The van der Waals surface area contributed by atoms with Gasteiger partial charge in [-0.05, 0) is 17.8 Å². The van der Waals surface area contributed by atoms with Gasteiger partial charge in [-0.1, -0.05) is 24.3 Å². The van der Waals surface area contributed by atoms with E-state index in [0.717, 1.165) is 30.1 Å². The van der Waals surface area contributed by atoms with E-state index in [-0.39, 0.29) is 0 Å². The third-order valence-corrected chi connectivity index (χ3v) is 2.64. The van der Waals surface area contributed by atoms with Crippen molar-refractivity contribution in [2.75, 3.05) is 13.6 Å². The molecule has 3 nitrogen and oxygen atoms in total. The summed E-state index contributed by atoms with van der Waals surface area (Å²) in [5, 5.41) is 9.74. The smallest absolute Gasteiger partial charge is 0.328 e. The Hall–Kier alpha value is -1.34. The van der Waals surface area contributed by atoms with Crippen LogP contribution < -0.4 is 0 Å². The molecule has 0 bridgehead atoms. The normalized spacial score (nSPS) is 26.0. The number of aliphatic carboxylic acids is 1. The average molecular weight is 237 g/mol. The number of hydrogen-bond acceptors (Lipinski definition) is 2. The number of carboxylic acid groups (broad SMARTS) is 1. The second-order valence-corrected chi connectivity index (χ2v) is 4.19. The Bertz CT molecular complexity index is 380. The van der Waals surface area contributed by atoms with Crippen LogP contribution in [0.4, 0.5) is 0 Å². The Morgan fingerprint density at radius 1 is 1.56 bits per heavy atom. The molecule has 86 valence electrons. The van der Waals surface area contributed by atoms with Crippen molar-refractivity contribution in [2.24, 2.45) is 0 Å². The molecule has 1 N–H and O–H groups in total. The number of likely N-dealkylation sites (N-methyl/N-ethyl adjacent to an activating group) is 1. The number of rotatable bonds is 2. The van der Waals surface area contributed by atoms with E-state index in [0.29, 0.717) is 0 Å². The van der Waals surface area contributed by atoms with Gasteiger partial charge in [-0.3, -0.25) is 0 Å². The third-order valence-electron chi connectivity index (χ3n) is 2.21. The van der Waals surface area contributed by atoms with E-state index in [9.17, 15) is 4.79 Å². The lowest BCUT2D eigenvalue weighted by molar-refractivity contribution is -0.131. The van der Waals surface area contributed by atoms with Crippen LogP contribution in [-0.4, -0.2) is 29.6 Å². The van der Waals surface area contributed by atoms with Crippen LogP contribution in [0, 0.1) is 0 Å². The van der Waals surface area contributed by atoms with Gasteiger partial charge in [0.1, 0.15) is 0 Å². The largest absolute Gasteiger partial charge is 0.478 e. The van der Waals surface area contributed by atoms with Crippen molar-refractivity contribution in [3.05, 3.63) is 47.5 Å². The standard InChI is InChI=1S/C12H16NO2P/c1-13-9-3-6-11(16)5-2-4-10(13)7-8-12(14)15/h3-8H,2,9,16H2,1H3,(H,14,15)/b6-3-,8-7+,10-4-,11-5+. The molecule has 1 heterocycles. The maximum atomic E-state index is 10.5. The van der Waals surface area contributed by atoms with Gasteiger partial charge in [-0.15, -0.1) is 9.24 Å². The molecule has 16 heavy (non-hydrogen) atoms. The summed E-state index contributed by atoms with van der Waals surface area (Å²) in [6, 6.07) is 0. The molecule has 0 spiro atoms. The summed E-state index contributed by atoms with van der Waals surface area (Å²) in [7, 11) is 4.61. The molecule has 0 amide bonds. The summed E-state index contributed by atoms with van der Waals surface area (Å²) in [6.07, 6.45) is 11.8.